The Morgan fingerprint density at radius 1 is 0.805 bits per heavy atom. The van der Waals surface area contributed by atoms with E-state index in [2.05, 4.69) is 15.5 Å². The van der Waals surface area contributed by atoms with Gasteiger partial charge in [0.05, 0.1) is 24.5 Å². The second kappa shape index (κ2) is 13.0. The first kappa shape index (κ1) is 28.4. The SMILES string of the molecule is O=C(Nc1ccc(N2CCCN(C(=O)Nc3ccccc3F)CC2)c(C(=O)N2CCOCC2)c1)c1ccc(Cl)cc1. The summed E-state index contributed by atoms with van der Waals surface area (Å²) in [6.07, 6.45) is 0.658. The van der Waals surface area contributed by atoms with Gasteiger partial charge in [-0.15, -0.1) is 0 Å². The number of carbonyl (C=O) groups excluding carboxylic acids is 3. The van der Waals surface area contributed by atoms with Gasteiger partial charge in [0.2, 0.25) is 0 Å². The number of halogens is 2. The van der Waals surface area contributed by atoms with Gasteiger partial charge in [-0.2, -0.15) is 0 Å². The molecule has 0 saturated carbocycles. The zero-order valence-electron chi connectivity index (χ0n) is 22.4. The van der Waals surface area contributed by atoms with Crippen LogP contribution in [0.25, 0.3) is 0 Å². The van der Waals surface area contributed by atoms with Gasteiger partial charge >= 0.3 is 6.03 Å². The number of hydrogen-bond acceptors (Lipinski definition) is 5. The van der Waals surface area contributed by atoms with Crippen molar-refractivity contribution in [2.45, 2.75) is 6.42 Å². The fourth-order valence-electron chi connectivity index (χ4n) is 4.92. The minimum Gasteiger partial charge on any atom is -0.378 e. The van der Waals surface area contributed by atoms with Crippen LogP contribution in [0.15, 0.2) is 66.7 Å². The lowest BCUT2D eigenvalue weighted by atomic mass is 10.1. The number of nitrogens with one attached hydrogen (secondary N) is 2. The van der Waals surface area contributed by atoms with Gasteiger partial charge in [-0.1, -0.05) is 23.7 Å². The smallest absolute Gasteiger partial charge is 0.321 e. The first-order chi connectivity index (χ1) is 19.9. The Morgan fingerprint density at radius 2 is 1.56 bits per heavy atom. The van der Waals surface area contributed by atoms with E-state index in [0.717, 1.165) is 5.69 Å². The van der Waals surface area contributed by atoms with E-state index in [9.17, 15) is 18.8 Å². The molecule has 0 aromatic heterocycles. The molecule has 214 valence electrons. The van der Waals surface area contributed by atoms with Crippen LogP contribution in [-0.4, -0.2) is 80.1 Å². The zero-order valence-corrected chi connectivity index (χ0v) is 23.2. The van der Waals surface area contributed by atoms with Crippen LogP contribution in [0.2, 0.25) is 5.02 Å². The minimum atomic E-state index is -0.494. The fourth-order valence-corrected chi connectivity index (χ4v) is 5.05. The summed E-state index contributed by atoms with van der Waals surface area (Å²) in [5.41, 5.74) is 2.26. The number of anilines is 3. The molecule has 11 heteroatoms. The molecule has 0 radical (unpaired) electrons. The van der Waals surface area contributed by atoms with Crippen LogP contribution >= 0.6 is 11.6 Å². The third-order valence-corrected chi connectivity index (χ3v) is 7.38. The highest BCUT2D eigenvalue weighted by atomic mass is 35.5. The first-order valence-corrected chi connectivity index (χ1v) is 13.9. The summed E-state index contributed by atoms with van der Waals surface area (Å²) >= 11 is 5.95. The van der Waals surface area contributed by atoms with Crippen molar-refractivity contribution in [2.24, 2.45) is 0 Å². The Labute approximate surface area is 242 Å². The van der Waals surface area contributed by atoms with Crippen molar-refractivity contribution in [3.05, 3.63) is 88.7 Å². The molecule has 0 spiro atoms. The van der Waals surface area contributed by atoms with Crippen LogP contribution in [0.4, 0.5) is 26.2 Å². The van der Waals surface area contributed by atoms with Gasteiger partial charge in [0.1, 0.15) is 5.82 Å². The monoisotopic (exact) mass is 579 g/mol. The van der Waals surface area contributed by atoms with Gasteiger partial charge in [0.15, 0.2) is 0 Å². The van der Waals surface area contributed by atoms with Crippen LogP contribution in [-0.2, 0) is 4.74 Å². The number of rotatable bonds is 5. The van der Waals surface area contributed by atoms with Crippen molar-refractivity contribution < 1.29 is 23.5 Å². The molecule has 2 saturated heterocycles. The molecule has 2 aliphatic rings. The number of hydrogen-bond donors (Lipinski definition) is 2. The summed E-state index contributed by atoms with van der Waals surface area (Å²) < 4.78 is 19.5. The molecule has 2 heterocycles. The van der Waals surface area contributed by atoms with Crippen LogP contribution < -0.4 is 15.5 Å². The van der Waals surface area contributed by atoms with Gasteiger partial charge in [-0.3, -0.25) is 9.59 Å². The standard InChI is InChI=1S/C30H31ClFN5O4/c31-22-8-6-21(7-9-22)28(38)33-23-10-11-27(24(20-23)29(39)36-16-18-41-19-17-36)35-12-3-13-37(15-14-35)30(40)34-26-5-2-1-4-25(26)32/h1-2,4-11,20H,3,12-19H2,(H,33,38)(H,34,40). The minimum absolute atomic E-state index is 0.133. The quantitative estimate of drug-likeness (QED) is 0.446. The number of benzene rings is 3. The Morgan fingerprint density at radius 3 is 2.32 bits per heavy atom. The van der Waals surface area contributed by atoms with Gasteiger partial charge < -0.3 is 30.1 Å². The third-order valence-electron chi connectivity index (χ3n) is 7.13. The highest BCUT2D eigenvalue weighted by molar-refractivity contribution is 6.30. The molecule has 0 unspecified atom stereocenters. The maximum atomic E-state index is 14.1. The molecule has 0 bridgehead atoms. The average molecular weight is 580 g/mol. The van der Waals surface area contributed by atoms with Crippen molar-refractivity contribution in [1.82, 2.24) is 9.80 Å². The van der Waals surface area contributed by atoms with Crippen molar-refractivity contribution in [3.63, 3.8) is 0 Å². The molecule has 9 nitrogen and oxygen atoms in total. The number of urea groups is 1. The predicted molar refractivity (Wildman–Crippen MR) is 156 cm³/mol. The van der Waals surface area contributed by atoms with Crippen molar-refractivity contribution in [3.8, 4) is 0 Å². The molecule has 4 amide bonds. The van der Waals surface area contributed by atoms with E-state index in [1.165, 1.54) is 12.1 Å². The van der Waals surface area contributed by atoms with Crippen molar-refractivity contribution in [2.75, 3.05) is 68.0 Å². The topological polar surface area (TPSA) is 94.2 Å². The highest BCUT2D eigenvalue weighted by Crippen LogP contribution is 2.28. The average Bonchev–Trinajstić information content (AvgIpc) is 3.25. The number of morpholine rings is 1. The fraction of sp³-hybridized carbons (Fsp3) is 0.300. The van der Waals surface area contributed by atoms with E-state index in [4.69, 9.17) is 16.3 Å². The summed E-state index contributed by atoms with van der Waals surface area (Å²) in [6.45, 7) is 3.84. The van der Waals surface area contributed by atoms with E-state index in [-0.39, 0.29) is 23.5 Å². The molecule has 3 aromatic carbocycles. The van der Waals surface area contributed by atoms with E-state index in [1.807, 2.05) is 6.07 Å². The third kappa shape index (κ3) is 6.96. The molecular weight excluding hydrogens is 549 g/mol. The van der Waals surface area contributed by atoms with Crippen LogP contribution in [0, 0.1) is 5.82 Å². The molecule has 2 aliphatic heterocycles. The van der Waals surface area contributed by atoms with Crippen LogP contribution in [0.5, 0.6) is 0 Å². The zero-order chi connectivity index (χ0) is 28.8. The number of amides is 4. The molecule has 0 aliphatic carbocycles. The Bertz CT molecular complexity index is 1410. The molecule has 3 aromatic rings. The van der Waals surface area contributed by atoms with Gasteiger partial charge in [-0.25, -0.2) is 9.18 Å². The maximum Gasteiger partial charge on any atom is 0.321 e. The largest absolute Gasteiger partial charge is 0.378 e. The Balaban J connectivity index is 1.35. The second-order valence-electron chi connectivity index (χ2n) is 9.84. The number of nitrogens with zero attached hydrogens (tertiary/aromatic N) is 3. The van der Waals surface area contributed by atoms with Crippen LogP contribution in [0.3, 0.4) is 0 Å². The van der Waals surface area contributed by atoms with E-state index in [0.29, 0.717) is 80.7 Å². The molecule has 41 heavy (non-hydrogen) atoms. The molecular formula is C30H31ClFN5O4. The van der Waals surface area contributed by atoms with Crippen molar-refractivity contribution >= 4 is 46.5 Å². The van der Waals surface area contributed by atoms with Gasteiger partial charge in [0, 0.05) is 61.2 Å². The lowest BCUT2D eigenvalue weighted by Gasteiger charge is -2.30. The maximum absolute atomic E-state index is 14.1. The summed E-state index contributed by atoms with van der Waals surface area (Å²) in [5.74, 6) is -0.957. The lowest BCUT2D eigenvalue weighted by molar-refractivity contribution is 0.0303. The van der Waals surface area contributed by atoms with Gasteiger partial charge in [-0.05, 0) is 61.0 Å². The molecule has 5 rings (SSSR count). The van der Waals surface area contributed by atoms with E-state index < -0.39 is 5.82 Å². The van der Waals surface area contributed by atoms with Crippen LogP contribution in [0.1, 0.15) is 27.1 Å². The van der Waals surface area contributed by atoms with Gasteiger partial charge in [0.25, 0.3) is 11.8 Å². The highest BCUT2D eigenvalue weighted by Gasteiger charge is 2.26. The summed E-state index contributed by atoms with van der Waals surface area (Å²) in [7, 11) is 0. The van der Waals surface area contributed by atoms with E-state index >= 15 is 0 Å². The van der Waals surface area contributed by atoms with Crippen molar-refractivity contribution in [1.29, 1.82) is 0 Å². The second-order valence-corrected chi connectivity index (χ2v) is 10.3. The number of ether oxygens (including phenoxy) is 1. The number of carbonyl (C=O) groups is 3. The molecule has 2 fully saturated rings. The lowest BCUT2D eigenvalue weighted by Crippen LogP contribution is -2.42. The predicted octanol–water partition coefficient (Wildman–Crippen LogP) is 4.95. The van der Waals surface area contributed by atoms with E-state index in [1.54, 1.807) is 58.3 Å². The molecule has 2 N–H and O–H groups in total. The molecule has 0 atom stereocenters. The first-order valence-electron chi connectivity index (χ1n) is 13.5. The summed E-state index contributed by atoms with van der Waals surface area (Å²) in [6, 6.07) is 17.6. The Hall–Kier alpha value is -4.15. The summed E-state index contributed by atoms with van der Waals surface area (Å²) in [5, 5.41) is 6.06. The summed E-state index contributed by atoms with van der Waals surface area (Å²) in [4.78, 5) is 44.9. The Kier molecular flexibility index (Phi) is 9.01. The normalized spacial score (nSPS) is 15.7. The number of para-hydroxylation sites is 1.